The highest BCUT2D eigenvalue weighted by Crippen LogP contribution is 2.33. The molecule has 4 atom stereocenters. The molecule has 0 bridgehead atoms. The Morgan fingerprint density at radius 1 is 1.36 bits per heavy atom. The average Bonchev–Trinajstić information content (AvgIpc) is 3.06. The number of carbonyl (C=O) groups excluding carboxylic acids is 1. The molecule has 0 radical (unpaired) electrons. The van der Waals surface area contributed by atoms with Crippen molar-refractivity contribution >= 4 is 5.97 Å². The van der Waals surface area contributed by atoms with E-state index in [1.54, 1.807) is 6.92 Å². The third-order valence-electron chi connectivity index (χ3n) is 5.18. The van der Waals surface area contributed by atoms with E-state index in [9.17, 15) is 15.0 Å². The van der Waals surface area contributed by atoms with Crippen molar-refractivity contribution in [2.45, 2.75) is 70.6 Å². The molecule has 2 rings (SSSR count). The van der Waals surface area contributed by atoms with E-state index in [0.717, 1.165) is 19.5 Å². The molecule has 2 aliphatic rings. The maximum Gasteiger partial charge on any atom is 0.340 e. The molecule has 128 valence electrons. The van der Waals surface area contributed by atoms with Gasteiger partial charge in [0.15, 0.2) is 5.60 Å². The Morgan fingerprint density at radius 3 is 2.73 bits per heavy atom. The van der Waals surface area contributed by atoms with Gasteiger partial charge in [0.1, 0.15) is 0 Å². The first-order valence-electron chi connectivity index (χ1n) is 8.70. The molecule has 22 heavy (non-hydrogen) atoms. The lowest BCUT2D eigenvalue weighted by Gasteiger charge is -2.32. The van der Waals surface area contributed by atoms with Gasteiger partial charge in [-0.1, -0.05) is 20.8 Å². The summed E-state index contributed by atoms with van der Waals surface area (Å²) in [6, 6.07) is 0.530. The van der Waals surface area contributed by atoms with Gasteiger partial charge >= 0.3 is 5.97 Å². The number of nitrogens with zero attached hydrogens (tertiary/aromatic N) is 1. The molecule has 0 aromatic rings. The highest BCUT2D eigenvalue weighted by atomic mass is 16.6. The first kappa shape index (κ1) is 17.7. The molecular weight excluding hydrogens is 282 g/mol. The molecule has 2 saturated heterocycles. The van der Waals surface area contributed by atoms with E-state index in [4.69, 9.17) is 4.74 Å². The number of esters is 1. The fourth-order valence-electron chi connectivity index (χ4n) is 4.01. The number of carbonyl (C=O) groups is 1. The van der Waals surface area contributed by atoms with Crippen LogP contribution >= 0.6 is 0 Å². The molecule has 5 nitrogen and oxygen atoms in total. The quantitative estimate of drug-likeness (QED) is 0.698. The van der Waals surface area contributed by atoms with Gasteiger partial charge in [0.25, 0.3) is 0 Å². The van der Waals surface area contributed by atoms with Crippen molar-refractivity contribution in [1.29, 1.82) is 0 Å². The number of hydrogen-bond acceptors (Lipinski definition) is 5. The number of hydrogen-bond donors (Lipinski definition) is 2. The summed E-state index contributed by atoms with van der Waals surface area (Å²) in [5, 5.41) is 20.7. The molecule has 0 aromatic heterocycles. The Hall–Kier alpha value is -0.650. The van der Waals surface area contributed by atoms with Crippen LogP contribution in [0.1, 0.15) is 52.9 Å². The summed E-state index contributed by atoms with van der Waals surface area (Å²) in [5.41, 5.74) is -1.78. The maximum atomic E-state index is 12.4. The van der Waals surface area contributed by atoms with Crippen LogP contribution in [0.25, 0.3) is 0 Å². The van der Waals surface area contributed by atoms with Gasteiger partial charge in [-0.15, -0.1) is 0 Å². The summed E-state index contributed by atoms with van der Waals surface area (Å²) in [4.78, 5) is 14.9. The van der Waals surface area contributed by atoms with Gasteiger partial charge in [-0.05, 0) is 51.1 Å². The molecule has 0 unspecified atom stereocenters. The second kappa shape index (κ2) is 7.28. The van der Waals surface area contributed by atoms with Crippen LogP contribution in [0, 0.1) is 11.8 Å². The Kier molecular flexibility index (Phi) is 5.86. The van der Waals surface area contributed by atoms with Crippen LogP contribution in [0.4, 0.5) is 0 Å². The van der Waals surface area contributed by atoms with E-state index in [1.807, 2.05) is 13.8 Å². The zero-order valence-corrected chi connectivity index (χ0v) is 14.1. The molecule has 2 N–H and O–H groups in total. The predicted octanol–water partition coefficient (Wildman–Crippen LogP) is 1.56. The van der Waals surface area contributed by atoms with Gasteiger partial charge in [0, 0.05) is 12.0 Å². The topological polar surface area (TPSA) is 70.0 Å². The van der Waals surface area contributed by atoms with Crippen LogP contribution in [0.5, 0.6) is 0 Å². The van der Waals surface area contributed by atoms with E-state index in [0.29, 0.717) is 25.0 Å². The minimum atomic E-state index is -1.78. The van der Waals surface area contributed by atoms with Crippen molar-refractivity contribution < 1.29 is 19.7 Å². The lowest BCUT2D eigenvalue weighted by Crippen LogP contribution is -2.51. The minimum Gasteiger partial charge on any atom is -0.463 e. The molecule has 0 aliphatic carbocycles. The predicted molar refractivity (Wildman–Crippen MR) is 84.4 cm³/mol. The monoisotopic (exact) mass is 313 g/mol. The first-order valence-corrected chi connectivity index (χ1v) is 8.70. The fraction of sp³-hybridized carbons (Fsp3) is 0.941. The third kappa shape index (κ3) is 3.63. The van der Waals surface area contributed by atoms with Crippen LogP contribution in [0.2, 0.25) is 0 Å². The Balaban J connectivity index is 1.93. The third-order valence-corrected chi connectivity index (χ3v) is 5.18. The van der Waals surface area contributed by atoms with Gasteiger partial charge in [-0.25, -0.2) is 4.79 Å². The molecule has 5 heteroatoms. The van der Waals surface area contributed by atoms with Gasteiger partial charge in [-0.3, -0.25) is 4.90 Å². The maximum absolute atomic E-state index is 12.4. The first-order chi connectivity index (χ1) is 10.4. The van der Waals surface area contributed by atoms with E-state index >= 15 is 0 Å². The number of fused-ring (bicyclic) bond motifs is 1. The van der Waals surface area contributed by atoms with Crippen LogP contribution in [-0.2, 0) is 9.53 Å². The highest BCUT2D eigenvalue weighted by molar-refractivity contribution is 5.80. The molecular formula is C17H31NO4. The van der Waals surface area contributed by atoms with Crippen molar-refractivity contribution in [3.05, 3.63) is 0 Å². The zero-order chi connectivity index (χ0) is 16.3. The summed E-state index contributed by atoms with van der Waals surface area (Å²) in [7, 11) is 0. The Labute approximate surface area is 133 Å². The second-order valence-corrected chi connectivity index (χ2v) is 7.34. The lowest BCUT2D eigenvalue weighted by molar-refractivity contribution is -0.183. The smallest absolute Gasteiger partial charge is 0.340 e. The molecule has 2 heterocycles. The molecule has 2 fully saturated rings. The minimum absolute atomic E-state index is 0.107. The summed E-state index contributed by atoms with van der Waals surface area (Å²) in [6.45, 7) is 8.21. The van der Waals surface area contributed by atoms with Crippen molar-refractivity contribution in [2.24, 2.45) is 11.8 Å². The van der Waals surface area contributed by atoms with Gasteiger partial charge in [-0.2, -0.15) is 0 Å². The summed E-state index contributed by atoms with van der Waals surface area (Å²) in [6.07, 6.45) is 2.93. The lowest BCUT2D eigenvalue weighted by atomic mass is 9.86. The SMILES string of the molecule is CC[C@H](O)[C@](O)(CC(C)C)C(=O)OC[C@@H]1CCN2CCC[C@@H]12. The van der Waals surface area contributed by atoms with Crippen LogP contribution < -0.4 is 0 Å². The van der Waals surface area contributed by atoms with Gasteiger partial charge in [0.2, 0.25) is 0 Å². The number of ether oxygens (including phenoxy) is 1. The highest BCUT2D eigenvalue weighted by Gasteiger charge is 2.45. The molecule has 0 amide bonds. The van der Waals surface area contributed by atoms with Crippen molar-refractivity contribution in [3.8, 4) is 0 Å². The van der Waals surface area contributed by atoms with Crippen molar-refractivity contribution in [2.75, 3.05) is 19.7 Å². The van der Waals surface area contributed by atoms with E-state index in [1.165, 1.54) is 12.8 Å². The molecule has 0 saturated carbocycles. The van der Waals surface area contributed by atoms with Gasteiger partial charge in [0.05, 0.1) is 12.7 Å². The fourth-order valence-corrected chi connectivity index (χ4v) is 4.01. The van der Waals surface area contributed by atoms with E-state index in [-0.39, 0.29) is 12.3 Å². The van der Waals surface area contributed by atoms with Crippen LogP contribution in [0.15, 0.2) is 0 Å². The largest absolute Gasteiger partial charge is 0.463 e. The molecule has 0 spiro atoms. The van der Waals surface area contributed by atoms with Crippen molar-refractivity contribution in [1.82, 2.24) is 4.90 Å². The second-order valence-electron chi connectivity index (χ2n) is 7.34. The van der Waals surface area contributed by atoms with Crippen LogP contribution in [0.3, 0.4) is 0 Å². The molecule has 0 aromatic carbocycles. The van der Waals surface area contributed by atoms with E-state index < -0.39 is 17.7 Å². The number of rotatable bonds is 7. The Bertz CT molecular complexity index is 387. The standard InChI is InChI=1S/C17H31NO4/c1-4-15(19)17(21,10-12(2)3)16(20)22-11-13-7-9-18-8-5-6-14(13)18/h12-15,19,21H,4-11H2,1-3H3/t13-,14-,15-,17+/m0/s1. The summed E-state index contributed by atoms with van der Waals surface area (Å²) >= 11 is 0. The Morgan fingerprint density at radius 2 is 2.09 bits per heavy atom. The molecule has 2 aliphatic heterocycles. The normalized spacial score (nSPS) is 29.4. The summed E-state index contributed by atoms with van der Waals surface area (Å²) < 4.78 is 5.45. The number of aliphatic hydroxyl groups is 2. The van der Waals surface area contributed by atoms with Crippen LogP contribution in [-0.4, -0.2) is 58.5 Å². The van der Waals surface area contributed by atoms with Crippen molar-refractivity contribution in [3.63, 3.8) is 0 Å². The number of aliphatic hydroxyl groups excluding tert-OH is 1. The zero-order valence-electron chi connectivity index (χ0n) is 14.1. The summed E-state index contributed by atoms with van der Waals surface area (Å²) in [5.74, 6) is -0.184. The van der Waals surface area contributed by atoms with Gasteiger partial charge < -0.3 is 14.9 Å². The average molecular weight is 313 g/mol. The van der Waals surface area contributed by atoms with E-state index in [2.05, 4.69) is 4.90 Å².